The van der Waals surface area contributed by atoms with Crippen molar-refractivity contribution >= 4 is 23.4 Å². The van der Waals surface area contributed by atoms with Crippen LogP contribution in [0.1, 0.15) is 11.3 Å². The van der Waals surface area contributed by atoms with Gasteiger partial charge >= 0.3 is 0 Å². The quantitative estimate of drug-likeness (QED) is 0.606. The molecule has 1 heterocycles. The van der Waals surface area contributed by atoms with Gasteiger partial charge in [0.15, 0.2) is 5.76 Å². The number of isocyanates is 1. The van der Waals surface area contributed by atoms with E-state index in [1.54, 1.807) is 12.1 Å². The second-order valence-corrected chi connectivity index (χ2v) is 3.58. The molecule has 0 spiro atoms. The fourth-order valence-electron chi connectivity index (χ4n) is 1.31. The van der Waals surface area contributed by atoms with E-state index in [0.717, 1.165) is 5.56 Å². The van der Waals surface area contributed by atoms with Crippen molar-refractivity contribution in [2.75, 3.05) is 0 Å². The summed E-state index contributed by atoms with van der Waals surface area (Å²) in [6, 6.07) is 7.32. The molecule has 0 bridgehead atoms. The Bertz CT molecular complexity index is 527. The summed E-state index contributed by atoms with van der Waals surface area (Å²) >= 11 is 5.77. The van der Waals surface area contributed by atoms with Gasteiger partial charge in [0.2, 0.25) is 6.08 Å². The minimum atomic E-state index is 0.407. The Labute approximate surface area is 96.5 Å². The number of benzene rings is 1. The number of rotatable bonds is 3. The van der Waals surface area contributed by atoms with Crippen molar-refractivity contribution < 1.29 is 9.32 Å². The maximum Gasteiger partial charge on any atom is 0.240 e. The number of hydrogen-bond donors (Lipinski definition) is 0. The molecule has 2 rings (SSSR count). The second kappa shape index (κ2) is 4.75. The molecule has 5 heteroatoms. The van der Waals surface area contributed by atoms with Gasteiger partial charge in [-0.25, -0.2) is 4.79 Å². The molecule has 80 valence electrons. The van der Waals surface area contributed by atoms with E-state index in [1.165, 1.54) is 12.3 Å². The van der Waals surface area contributed by atoms with Gasteiger partial charge in [0.1, 0.15) is 5.69 Å². The Kier molecular flexibility index (Phi) is 3.15. The van der Waals surface area contributed by atoms with Gasteiger partial charge in [-0.15, -0.1) is 0 Å². The molecule has 0 saturated carbocycles. The summed E-state index contributed by atoms with van der Waals surface area (Å²) < 4.78 is 5.00. The van der Waals surface area contributed by atoms with Crippen molar-refractivity contribution in [3.8, 4) is 0 Å². The molecule has 0 amide bonds. The van der Waals surface area contributed by atoms with E-state index >= 15 is 0 Å². The summed E-state index contributed by atoms with van der Waals surface area (Å²) in [7, 11) is 0. The van der Waals surface area contributed by atoms with Crippen molar-refractivity contribution in [2.24, 2.45) is 4.99 Å². The highest BCUT2D eigenvalue weighted by Crippen LogP contribution is 2.21. The third kappa shape index (κ3) is 2.37. The minimum absolute atomic E-state index is 0.407. The molecule has 0 aliphatic carbocycles. The number of hydrogen-bond acceptors (Lipinski definition) is 4. The van der Waals surface area contributed by atoms with Gasteiger partial charge < -0.3 is 4.52 Å². The maximum absolute atomic E-state index is 10.1. The zero-order chi connectivity index (χ0) is 11.4. The molecule has 0 aliphatic rings. The van der Waals surface area contributed by atoms with Crippen LogP contribution in [-0.4, -0.2) is 11.2 Å². The average molecular weight is 235 g/mol. The first-order valence-corrected chi connectivity index (χ1v) is 4.93. The predicted molar refractivity (Wildman–Crippen MR) is 58.5 cm³/mol. The van der Waals surface area contributed by atoms with Crippen LogP contribution in [0.4, 0.5) is 5.69 Å². The Balaban J connectivity index is 2.23. The van der Waals surface area contributed by atoms with Crippen LogP contribution >= 0.6 is 11.6 Å². The van der Waals surface area contributed by atoms with Crippen LogP contribution in [0.15, 0.2) is 40.0 Å². The number of nitrogens with zero attached hydrogens (tertiary/aromatic N) is 2. The first-order chi connectivity index (χ1) is 7.79. The summed E-state index contributed by atoms with van der Waals surface area (Å²) in [5, 5.41) is 4.25. The van der Waals surface area contributed by atoms with Crippen LogP contribution in [-0.2, 0) is 11.2 Å². The van der Waals surface area contributed by atoms with Crippen molar-refractivity contribution in [3.05, 3.63) is 46.8 Å². The van der Waals surface area contributed by atoms with Gasteiger partial charge in [-0.05, 0) is 17.7 Å². The van der Waals surface area contributed by atoms with E-state index in [9.17, 15) is 4.79 Å². The fraction of sp³-hybridized carbons (Fsp3) is 0.0909. The third-order valence-electron chi connectivity index (χ3n) is 2.07. The van der Waals surface area contributed by atoms with Crippen LogP contribution in [0, 0.1) is 0 Å². The molecule has 0 aliphatic heterocycles. The van der Waals surface area contributed by atoms with E-state index in [1.807, 2.05) is 12.1 Å². The van der Waals surface area contributed by atoms with E-state index in [2.05, 4.69) is 10.1 Å². The van der Waals surface area contributed by atoms with Crippen LogP contribution in [0.25, 0.3) is 0 Å². The molecular formula is C11H7ClN2O2. The van der Waals surface area contributed by atoms with Gasteiger partial charge in [-0.2, -0.15) is 4.99 Å². The highest BCUT2D eigenvalue weighted by atomic mass is 35.5. The maximum atomic E-state index is 10.1. The monoisotopic (exact) mass is 234 g/mol. The van der Waals surface area contributed by atoms with E-state index < -0.39 is 0 Å². The van der Waals surface area contributed by atoms with Crippen LogP contribution in [0.5, 0.6) is 0 Å². The lowest BCUT2D eigenvalue weighted by molar-refractivity contribution is 0.390. The van der Waals surface area contributed by atoms with Crippen molar-refractivity contribution in [3.63, 3.8) is 0 Å². The molecule has 1 aromatic carbocycles. The Morgan fingerprint density at radius 1 is 1.38 bits per heavy atom. The molecule has 0 saturated heterocycles. The lowest BCUT2D eigenvalue weighted by atomic mass is 10.1. The predicted octanol–water partition coefficient (Wildman–Crippen LogP) is 2.89. The van der Waals surface area contributed by atoms with Gasteiger partial charge in [0, 0.05) is 11.4 Å². The molecule has 0 atom stereocenters. The molecule has 0 radical (unpaired) electrons. The van der Waals surface area contributed by atoms with Crippen LogP contribution < -0.4 is 0 Å². The number of carbonyl (C=O) groups excluding carboxylic acids is 1. The molecular weight excluding hydrogens is 228 g/mol. The second-order valence-electron chi connectivity index (χ2n) is 3.14. The first-order valence-electron chi connectivity index (χ1n) is 4.55. The zero-order valence-corrected chi connectivity index (χ0v) is 8.94. The van der Waals surface area contributed by atoms with Crippen LogP contribution in [0.2, 0.25) is 5.02 Å². The summed E-state index contributed by atoms with van der Waals surface area (Å²) in [6.07, 6.45) is 3.36. The van der Waals surface area contributed by atoms with Gasteiger partial charge in [-0.1, -0.05) is 28.9 Å². The van der Waals surface area contributed by atoms with Crippen molar-refractivity contribution in [1.29, 1.82) is 0 Å². The Morgan fingerprint density at radius 2 is 2.12 bits per heavy atom. The molecule has 16 heavy (non-hydrogen) atoms. The van der Waals surface area contributed by atoms with Gasteiger partial charge in [-0.3, -0.25) is 0 Å². The molecule has 0 unspecified atom stereocenters. The Morgan fingerprint density at radius 3 is 2.81 bits per heavy atom. The first kappa shape index (κ1) is 10.6. The number of aromatic nitrogens is 1. The SMILES string of the molecule is O=C=Nc1cnoc1Cc1ccc(Cl)cc1. The topological polar surface area (TPSA) is 55.5 Å². The van der Waals surface area contributed by atoms with E-state index in [-0.39, 0.29) is 0 Å². The highest BCUT2D eigenvalue weighted by molar-refractivity contribution is 6.30. The van der Waals surface area contributed by atoms with Gasteiger partial charge in [0.05, 0.1) is 6.20 Å². The fourth-order valence-corrected chi connectivity index (χ4v) is 1.44. The average Bonchev–Trinajstić information content (AvgIpc) is 2.70. The molecule has 2 aromatic rings. The van der Waals surface area contributed by atoms with E-state index in [4.69, 9.17) is 16.1 Å². The van der Waals surface area contributed by atoms with Crippen molar-refractivity contribution in [2.45, 2.75) is 6.42 Å². The smallest absolute Gasteiger partial charge is 0.240 e. The van der Waals surface area contributed by atoms with Crippen LogP contribution in [0.3, 0.4) is 0 Å². The van der Waals surface area contributed by atoms with Crippen molar-refractivity contribution in [1.82, 2.24) is 5.16 Å². The third-order valence-corrected chi connectivity index (χ3v) is 2.32. The number of aliphatic imine (C=N–C) groups is 1. The summed E-state index contributed by atoms with van der Waals surface area (Å²) in [5.74, 6) is 0.533. The lowest BCUT2D eigenvalue weighted by Crippen LogP contribution is -1.85. The Hall–Kier alpha value is -1.90. The normalized spacial score (nSPS) is 9.81. The zero-order valence-electron chi connectivity index (χ0n) is 8.18. The highest BCUT2D eigenvalue weighted by Gasteiger charge is 2.08. The minimum Gasteiger partial charge on any atom is -0.359 e. The standard InChI is InChI=1S/C11H7ClN2O2/c12-9-3-1-8(2-4-9)5-11-10(13-7-15)6-14-16-11/h1-4,6H,5H2. The lowest BCUT2D eigenvalue weighted by Gasteiger charge is -1.98. The number of halogens is 1. The molecule has 4 nitrogen and oxygen atoms in total. The molecule has 0 fully saturated rings. The van der Waals surface area contributed by atoms with Gasteiger partial charge in [0.25, 0.3) is 0 Å². The largest absolute Gasteiger partial charge is 0.359 e. The summed E-state index contributed by atoms with van der Waals surface area (Å²) in [4.78, 5) is 13.6. The summed E-state index contributed by atoms with van der Waals surface area (Å²) in [6.45, 7) is 0. The molecule has 0 N–H and O–H groups in total. The summed E-state index contributed by atoms with van der Waals surface area (Å²) in [5.41, 5.74) is 1.41. The van der Waals surface area contributed by atoms with E-state index in [0.29, 0.717) is 22.9 Å². The molecule has 1 aromatic heterocycles.